The first-order valence-corrected chi connectivity index (χ1v) is 6.97. The van der Waals surface area contributed by atoms with Gasteiger partial charge in [0.05, 0.1) is 24.5 Å². The summed E-state index contributed by atoms with van der Waals surface area (Å²) in [5.41, 5.74) is 0.656. The van der Waals surface area contributed by atoms with E-state index < -0.39 is 11.9 Å². The van der Waals surface area contributed by atoms with E-state index in [1.165, 1.54) is 14.2 Å². The molecule has 0 amide bonds. The van der Waals surface area contributed by atoms with Gasteiger partial charge in [0.15, 0.2) is 0 Å². The molecule has 0 radical (unpaired) electrons. The Hall–Kier alpha value is -0.580. The molecule has 5 nitrogen and oxygen atoms in total. The summed E-state index contributed by atoms with van der Waals surface area (Å²) in [4.78, 5) is 23.0. The predicted octanol–water partition coefficient (Wildman–Crippen LogP) is 2.21. The number of methoxy groups -OCH3 is 2. The molecule has 1 heterocycles. The molecule has 0 saturated carbocycles. The summed E-state index contributed by atoms with van der Waals surface area (Å²) in [5, 5.41) is 0. The molecule has 0 atom stereocenters. The number of hydrogen-bond donors (Lipinski definition) is 0. The van der Waals surface area contributed by atoms with E-state index in [1.807, 2.05) is 0 Å². The Kier molecular flexibility index (Phi) is 5.63. The Morgan fingerprint density at radius 3 is 2.44 bits per heavy atom. The van der Waals surface area contributed by atoms with Gasteiger partial charge in [0.2, 0.25) is 0 Å². The molecule has 0 unspecified atom stereocenters. The molecule has 0 fully saturated rings. The zero-order valence-electron chi connectivity index (χ0n) is 9.83. The fourth-order valence-electron chi connectivity index (χ4n) is 1.32. The van der Waals surface area contributed by atoms with E-state index in [0.29, 0.717) is 5.69 Å². The molecule has 0 N–H and O–H groups in total. The second kappa shape index (κ2) is 6.55. The second-order valence-corrected chi connectivity index (χ2v) is 5.53. The normalized spacial score (nSPS) is 10.0. The van der Waals surface area contributed by atoms with Gasteiger partial charge in [-0.15, -0.1) is 0 Å². The van der Waals surface area contributed by atoms with Crippen LogP contribution >= 0.6 is 45.2 Å². The van der Waals surface area contributed by atoms with Crippen molar-refractivity contribution in [3.63, 3.8) is 0 Å². The number of ether oxygens (including phenoxy) is 2. The lowest BCUT2D eigenvalue weighted by Crippen LogP contribution is -2.16. The number of nitrogens with zero attached hydrogens (tertiary/aromatic N) is 1. The van der Waals surface area contributed by atoms with Gasteiger partial charge >= 0.3 is 11.9 Å². The maximum atomic E-state index is 11.6. The molecule has 1 rings (SSSR count). The summed E-state index contributed by atoms with van der Waals surface area (Å²) in [7, 11) is 2.60. The minimum atomic E-state index is -0.495. The minimum Gasteiger partial charge on any atom is -0.466 e. The monoisotopic (exact) mass is 475 g/mol. The van der Waals surface area contributed by atoms with Gasteiger partial charge in [-0.3, -0.25) is 0 Å². The van der Waals surface area contributed by atoms with Gasteiger partial charge in [0, 0.05) is 9.14 Å². The van der Waals surface area contributed by atoms with Crippen molar-refractivity contribution in [2.45, 2.75) is 6.54 Å². The van der Waals surface area contributed by atoms with E-state index in [0.717, 1.165) is 7.27 Å². The summed E-state index contributed by atoms with van der Waals surface area (Å²) in [5.74, 6) is -0.946. The van der Waals surface area contributed by atoms with Gasteiger partial charge in [-0.25, -0.2) is 9.59 Å². The van der Waals surface area contributed by atoms with Crippen molar-refractivity contribution in [3.8, 4) is 0 Å². The van der Waals surface area contributed by atoms with Gasteiger partial charge < -0.3 is 14.0 Å². The van der Waals surface area contributed by atoms with Crippen molar-refractivity contribution in [2.24, 2.45) is 0 Å². The first-order chi connectivity index (χ1) is 8.42. The summed E-state index contributed by atoms with van der Waals surface area (Å²) >= 11 is 4.21. The van der Waals surface area contributed by atoms with E-state index in [-0.39, 0.29) is 12.1 Å². The van der Waals surface area contributed by atoms with Crippen LogP contribution in [0.4, 0.5) is 0 Å². The summed E-state index contributed by atoms with van der Waals surface area (Å²) < 4.78 is 12.7. The van der Waals surface area contributed by atoms with E-state index >= 15 is 0 Å². The summed E-state index contributed by atoms with van der Waals surface area (Å²) in [6, 6.07) is 1.71. The summed E-state index contributed by atoms with van der Waals surface area (Å²) in [6.07, 6.45) is 0. The number of halogens is 2. The highest BCUT2D eigenvalue weighted by molar-refractivity contribution is 14.1. The second-order valence-electron chi connectivity index (χ2n) is 3.34. The molecule has 98 valence electrons. The van der Waals surface area contributed by atoms with Crippen molar-refractivity contribution in [2.75, 3.05) is 14.2 Å². The minimum absolute atomic E-state index is 0.193. The van der Waals surface area contributed by atoms with Crippen LogP contribution in [0.15, 0.2) is 18.2 Å². The maximum Gasteiger partial charge on any atom is 0.354 e. The third-order valence-electron chi connectivity index (χ3n) is 2.21. The van der Waals surface area contributed by atoms with Crippen molar-refractivity contribution in [3.05, 3.63) is 31.2 Å². The Morgan fingerprint density at radius 2 is 1.94 bits per heavy atom. The highest BCUT2D eigenvalue weighted by Crippen LogP contribution is 2.22. The molecule has 0 aromatic carbocycles. The van der Waals surface area contributed by atoms with Crippen LogP contribution in [-0.2, 0) is 20.8 Å². The largest absolute Gasteiger partial charge is 0.466 e. The molecule has 18 heavy (non-hydrogen) atoms. The third-order valence-corrected chi connectivity index (χ3v) is 5.22. The quantitative estimate of drug-likeness (QED) is 0.381. The van der Waals surface area contributed by atoms with Crippen LogP contribution in [-0.4, -0.2) is 30.7 Å². The molecule has 0 saturated heterocycles. The molecule has 0 aliphatic heterocycles. The molecule has 1 aromatic rings. The van der Waals surface area contributed by atoms with Gasteiger partial charge in [-0.05, 0) is 51.2 Å². The fraction of sp³-hybridized carbons (Fsp3) is 0.273. The maximum absolute atomic E-state index is 11.6. The molecule has 0 spiro atoms. The Morgan fingerprint density at radius 1 is 1.33 bits per heavy atom. The number of carbonyl (C=O) groups excluding carboxylic acids is 2. The van der Waals surface area contributed by atoms with Gasteiger partial charge in [0.25, 0.3) is 0 Å². The topological polar surface area (TPSA) is 57.5 Å². The highest BCUT2D eigenvalue weighted by Gasteiger charge is 2.20. The fourth-order valence-corrected chi connectivity index (χ4v) is 2.49. The number of rotatable bonds is 4. The molecule has 1 aromatic heterocycles. The highest BCUT2D eigenvalue weighted by atomic mass is 127. The number of hydrogen-bond acceptors (Lipinski definition) is 4. The van der Waals surface area contributed by atoms with Crippen LogP contribution in [0.25, 0.3) is 0 Å². The average Bonchev–Trinajstić information content (AvgIpc) is 2.64. The lowest BCUT2D eigenvalue weighted by molar-refractivity contribution is -0.136. The Labute approximate surface area is 132 Å². The van der Waals surface area contributed by atoms with E-state index in [4.69, 9.17) is 4.74 Å². The molecular weight excluding hydrogens is 464 g/mol. The number of carbonyl (C=O) groups is 2. The van der Waals surface area contributed by atoms with Crippen LogP contribution in [0, 0.1) is 7.27 Å². The van der Waals surface area contributed by atoms with Gasteiger partial charge in [-0.1, -0.05) is 6.58 Å². The smallest absolute Gasteiger partial charge is 0.354 e. The van der Waals surface area contributed by atoms with Crippen LogP contribution in [0.1, 0.15) is 10.5 Å². The zero-order valence-corrected chi connectivity index (χ0v) is 14.1. The van der Waals surface area contributed by atoms with Crippen LogP contribution in [0.2, 0.25) is 0 Å². The molecule has 0 aliphatic rings. The standard InChI is InChI=1S/C11H11I2NO4/c1-6(10(15)17-2)5-14-8(11(16)18-3)4-7(12)9(14)13/h4H,1,5H2,2-3H3. The van der Waals surface area contributed by atoms with E-state index in [1.54, 1.807) is 10.6 Å². The summed E-state index contributed by atoms with van der Waals surface area (Å²) in [6.45, 7) is 3.84. The van der Waals surface area contributed by atoms with Crippen LogP contribution < -0.4 is 0 Å². The SMILES string of the molecule is C=C(Cn1c(C(=O)OC)cc(I)c1I)C(=O)OC. The molecule has 0 aliphatic carbocycles. The van der Waals surface area contributed by atoms with Crippen molar-refractivity contribution >= 4 is 57.1 Å². The molecular formula is C11H11I2NO4. The molecule has 0 bridgehead atoms. The average molecular weight is 475 g/mol. The lowest BCUT2D eigenvalue weighted by Gasteiger charge is -2.10. The third kappa shape index (κ3) is 3.25. The van der Waals surface area contributed by atoms with E-state index in [2.05, 4.69) is 56.5 Å². The zero-order chi connectivity index (χ0) is 13.9. The molecule has 7 heteroatoms. The lowest BCUT2D eigenvalue weighted by atomic mass is 10.3. The van der Waals surface area contributed by atoms with Gasteiger partial charge in [0.1, 0.15) is 5.69 Å². The Bertz CT molecular complexity index is 507. The van der Waals surface area contributed by atoms with Crippen molar-refractivity contribution < 1.29 is 19.1 Å². The predicted molar refractivity (Wildman–Crippen MR) is 82.4 cm³/mol. The first kappa shape index (κ1) is 15.5. The van der Waals surface area contributed by atoms with Crippen LogP contribution in [0.3, 0.4) is 0 Å². The van der Waals surface area contributed by atoms with Gasteiger partial charge in [-0.2, -0.15) is 0 Å². The number of esters is 2. The van der Waals surface area contributed by atoms with Crippen molar-refractivity contribution in [1.82, 2.24) is 4.57 Å². The number of aromatic nitrogens is 1. The van der Waals surface area contributed by atoms with E-state index in [9.17, 15) is 9.59 Å². The van der Waals surface area contributed by atoms with Crippen molar-refractivity contribution in [1.29, 1.82) is 0 Å². The Balaban J connectivity index is 3.11. The first-order valence-electron chi connectivity index (χ1n) is 4.81. The van der Waals surface area contributed by atoms with Crippen LogP contribution in [0.5, 0.6) is 0 Å².